The Morgan fingerprint density at radius 3 is 1.82 bits per heavy atom. The second kappa shape index (κ2) is 10.4. The first-order valence-electron chi connectivity index (χ1n) is 8.91. The van der Waals surface area contributed by atoms with E-state index in [-0.39, 0.29) is 0 Å². The van der Waals surface area contributed by atoms with Crippen molar-refractivity contribution in [1.29, 1.82) is 0 Å². The fraction of sp³-hybridized carbons (Fsp3) is 0.333. The number of methoxy groups -OCH3 is 1. The molecule has 1 heterocycles. The van der Waals surface area contributed by atoms with Gasteiger partial charge in [0.15, 0.2) is 6.04 Å². The third-order valence-corrected chi connectivity index (χ3v) is 4.53. The number of aryl methyl sites for hydroxylation is 2. The lowest BCUT2D eigenvalue weighted by molar-refractivity contribution is -0.145. The molecule has 7 heteroatoms. The van der Waals surface area contributed by atoms with E-state index in [1.807, 2.05) is 0 Å². The van der Waals surface area contributed by atoms with Gasteiger partial charge in [0.25, 0.3) is 0 Å². The third-order valence-electron chi connectivity index (χ3n) is 4.53. The predicted molar refractivity (Wildman–Crippen MR) is 102 cm³/mol. The lowest BCUT2D eigenvalue weighted by atomic mass is 10.0. The molecule has 6 nitrogen and oxygen atoms in total. The number of aliphatic carboxylic acids is 1. The number of amides is 1. The van der Waals surface area contributed by atoms with E-state index < -0.39 is 36.9 Å². The van der Waals surface area contributed by atoms with Crippen molar-refractivity contribution in [3.8, 4) is 0 Å². The number of carboxylic acids is 1. The molecule has 0 unspecified atom stereocenters. The minimum absolute atomic E-state index is 0.467. The number of ether oxygens (including phenoxy) is 1. The maximum atomic E-state index is 13.1. The molecule has 0 saturated carbocycles. The summed E-state index contributed by atoms with van der Waals surface area (Å²) < 4.78 is 17.7. The van der Waals surface area contributed by atoms with Crippen molar-refractivity contribution in [2.45, 2.75) is 31.2 Å². The van der Waals surface area contributed by atoms with Gasteiger partial charge in [0, 0.05) is 7.11 Å². The van der Waals surface area contributed by atoms with Crippen molar-refractivity contribution < 1.29 is 28.9 Å². The van der Waals surface area contributed by atoms with Crippen LogP contribution in [-0.4, -0.2) is 59.1 Å². The summed E-state index contributed by atoms with van der Waals surface area (Å²) in [6.45, 7) is -0.467. The largest absolute Gasteiger partial charge is 0.480 e. The number of carboxylic acid groups (broad SMARTS) is 2. The molecule has 1 aliphatic heterocycles. The maximum absolute atomic E-state index is 13.1. The summed E-state index contributed by atoms with van der Waals surface area (Å²) in [6, 6.07) is 19.8. The molecule has 0 bridgehead atoms. The van der Waals surface area contributed by atoms with Gasteiger partial charge in [-0.2, -0.15) is 0 Å². The molecule has 2 N–H and O–H groups in total. The molecule has 2 aromatic rings. The molecule has 1 fully saturated rings. The van der Waals surface area contributed by atoms with E-state index in [4.69, 9.17) is 10.2 Å². The van der Waals surface area contributed by atoms with Crippen molar-refractivity contribution in [1.82, 2.24) is 4.90 Å². The minimum atomic E-state index is -1.60. The Labute approximate surface area is 163 Å². The second-order valence-corrected chi connectivity index (χ2v) is 6.41. The molecule has 1 saturated heterocycles. The summed E-state index contributed by atoms with van der Waals surface area (Å²) in [5, 5.41) is 17.3. The molecular formula is C21H24FNO5. The highest BCUT2D eigenvalue weighted by Gasteiger charge is 2.49. The van der Waals surface area contributed by atoms with Gasteiger partial charge in [-0.05, 0) is 24.0 Å². The van der Waals surface area contributed by atoms with Gasteiger partial charge in [-0.25, -0.2) is 14.0 Å². The predicted octanol–water partition coefficient (Wildman–Crippen LogP) is 3.26. The van der Waals surface area contributed by atoms with Crippen molar-refractivity contribution in [2.75, 3.05) is 13.7 Å². The van der Waals surface area contributed by atoms with Crippen LogP contribution in [0.5, 0.6) is 0 Å². The lowest BCUT2D eigenvalue weighted by Crippen LogP contribution is -2.45. The maximum Gasteiger partial charge on any atom is 0.408 e. The first-order valence-corrected chi connectivity index (χ1v) is 8.91. The number of hydrogen-bond donors (Lipinski definition) is 2. The Bertz CT molecular complexity index is 716. The van der Waals surface area contributed by atoms with Crippen molar-refractivity contribution in [3.05, 3.63) is 71.8 Å². The summed E-state index contributed by atoms with van der Waals surface area (Å²) in [7, 11) is 1.15. The van der Waals surface area contributed by atoms with Crippen LogP contribution in [0.4, 0.5) is 9.18 Å². The van der Waals surface area contributed by atoms with Crippen LogP contribution >= 0.6 is 0 Å². The molecule has 0 aliphatic carbocycles. The van der Waals surface area contributed by atoms with Gasteiger partial charge in [-0.3, -0.25) is 4.90 Å². The Balaban J connectivity index is 0.000000200. The SMILES string of the molecule is CO[C@H]1[C@@H](C(=O)O)N(C(=O)O)C[C@@H]1F.c1ccc(CCc2ccccc2)cc1. The fourth-order valence-corrected chi connectivity index (χ4v) is 3.11. The van der Waals surface area contributed by atoms with Crippen LogP contribution in [0.1, 0.15) is 11.1 Å². The average Bonchev–Trinajstić information content (AvgIpc) is 3.05. The highest BCUT2D eigenvalue weighted by Crippen LogP contribution is 2.23. The fourth-order valence-electron chi connectivity index (χ4n) is 3.11. The summed E-state index contributed by atoms with van der Waals surface area (Å²) in [4.78, 5) is 21.8. The molecule has 3 atom stereocenters. The van der Waals surface area contributed by atoms with Gasteiger partial charge in [0.1, 0.15) is 12.3 Å². The summed E-state index contributed by atoms with van der Waals surface area (Å²) in [5.41, 5.74) is 2.83. The van der Waals surface area contributed by atoms with Gasteiger partial charge in [-0.15, -0.1) is 0 Å². The van der Waals surface area contributed by atoms with Crippen LogP contribution < -0.4 is 0 Å². The van der Waals surface area contributed by atoms with Crippen molar-refractivity contribution in [2.24, 2.45) is 0 Å². The zero-order valence-electron chi connectivity index (χ0n) is 15.6. The number of rotatable bonds is 5. The van der Waals surface area contributed by atoms with Crippen LogP contribution in [0.25, 0.3) is 0 Å². The number of halogens is 1. The van der Waals surface area contributed by atoms with Gasteiger partial charge < -0.3 is 14.9 Å². The molecule has 1 aliphatic rings. The number of benzene rings is 2. The van der Waals surface area contributed by atoms with Crippen LogP contribution in [0.2, 0.25) is 0 Å². The topological polar surface area (TPSA) is 87.1 Å². The molecular weight excluding hydrogens is 365 g/mol. The minimum Gasteiger partial charge on any atom is -0.480 e. The first-order chi connectivity index (χ1) is 13.4. The van der Waals surface area contributed by atoms with Crippen LogP contribution in [0, 0.1) is 0 Å². The summed E-state index contributed by atoms with van der Waals surface area (Å²) in [6.07, 6.45) is -2.03. The van der Waals surface area contributed by atoms with E-state index in [1.54, 1.807) is 0 Å². The van der Waals surface area contributed by atoms with E-state index in [0.717, 1.165) is 20.0 Å². The molecule has 0 spiro atoms. The standard InChI is InChI=1S/C14H14.C7H10FNO5/c1-3-7-13(8-4-1)11-12-14-9-5-2-6-10-14;1-14-5-3(8)2-9(7(12)13)4(5)6(10)11/h1-10H,11-12H2;3-5H,2H2,1H3,(H,10,11)(H,12,13)/t;3-,4-,5+/m.0/s1. The molecule has 0 radical (unpaired) electrons. The Morgan fingerprint density at radius 2 is 1.46 bits per heavy atom. The normalized spacial score (nSPS) is 20.9. The van der Waals surface area contributed by atoms with Crippen LogP contribution in [0.3, 0.4) is 0 Å². The molecule has 3 rings (SSSR count). The van der Waals surface area contributed by atoms with E-state index in [2.05, 4.69) is 65.4 Å². The van der Waals surface area contributed by atoms with Crippen molar-refractivity contribution >= 4 is 12.1 Å². The van der Waals surface area contributed by atoms with Gasteiger partial charge in [0.05, 0.1) is 6.54 Å². The van der Waals surface area contributed by atoms with E-state index in [9.17, 15) is 14.0 Å². The van der Waals surface area contributed by atoms with Crippen LogP contribution in [-0.2, 0) is 22.4 Å². The highest BCUT2D eigenvalue weighted by molar-refractivity contribution is 5.81. The smallest absolute Gasteiger partial charge is 0.408 e. The molecule has 1 amide bonds. The number of likely N-dealkylation sites (tertiary alicyclic amines) is 1. The number of nitrogens with zero attached hydrogens (tertiary/aromatic N) is 1. The number of hydrogen-bond acceptors (Lipinski definition) is 3. The summed E-state index contributed by atoms with van der Waals surface area (Å²) in [5.74, 6) is -1.40. The molecule has 2 aromatic carbocycles. The monoisotopic (exact) mass is 389 g/mol. The van der Waals surface area contributed by atoms with Crippen molar-refractivity contribution in [3.63, 3.8) is 0 Å². The number of carbonyl (C=O) groups is 2. The average molecular weight is 389 g/mol. The zero-order chi connectivity index (χ0) is 20.5. The Hall–Kier alpha value is -2.93. The van der Waals surface area contributed by atoms with E-state index in [1.165, 1.54) is 11.1 Å². The third kappa shape index (κ3) is 5.79. The van der Waals surface area contributed by atoms with Gasteiger partial charge in [0.2, 0.25) is 0 Å². The second-order valence-electron chi connectivity index (χ2n) is 6.41. The van der Waals surface area contributed by atoms with E-state index in [0.29, 0.717) is 4.90 Å². The summed E-state index contributed by atoms with van der Waals surface area (Å²) >= 11 is 0. The van der Waals surface area contributed by atoms with Gasteiger partial charge >= 0.3 is 12.1 Å². The van der Waals surface area contributed by atoms with Gasteiger partial charge in [-0.1, -0.05) is 60.7 Å². The quantitative estimate of drug-likeness (QED) is 0.820. The molecule has 28 heavy (non-hydrogen) atoms. The van der Waals surface area contributed by atoms with E-state index >= 15 is 0 Å². The Morgan fingerprint density at radius 1 is 1.00 bits per heavy atom. The zero-order valence-corrected chi connectivity index (χ0v) is 15.6. The lowest BCUT2D eigenvalue weighted by Gasteiger charge is -2.20. The first kappa shape index (κ1) is 21.4. The Kier molecular flexibility index (Phi) is 7.95. The van der Waals surface area contributed by atoms with Crippen LogP contribution in [0.15, 0.2) is 60.7 Å². The highest BCUT2D eigenvalue weighted by atomic mass is 19.1. The number of alkyl halides is 1. The molecule has 0 aromatic heterocycles. The molecule has 150 valence electrons.